The summed E-state index contributed by atoms with van der Waals surface area (Å²) in [5.41, 5.74) is 2.26. The molecule has 2 aromatic rings. The lowest BCUT2D eigenvalue weighted by atomic mass is 10.1. The molecule has 20 heavy (non-hydrogen) atoms. The van der Waals surface area contributed by atoms with E-state index < -0.39 is 5.97 Å². The lowest BCUT2D eigenvalue weighted by molar-refractivity contribution is 0.0696. The van der Waals surface area contributed by atoms with E-state index in [0.717, 1.165) is 10.0 Å². The number of carbonyl (C=O) groups is 2. The van der Waals surface area contributed by atoms with Crippen molar-refractivity contribution in [2.45, 2.75) is 6.92 Å². The Balaban J connectivity index is 2.14. The molecule has 0 heterocycles. The molecule has 0 fully saturated rings. The Kier molecular flexibility index (Phi) is 4.20. The molecular formula is C15H12BrNO3. The van der Waals surface area contributed by atoms with Crippen molar-refractivity contribution in [3.63, 3.8) is 0 Å². The van der Waals surface area contributed by atoms with Gasteiger partial charge < -0.3 is 10.4 Å². The number of hydrogen-bond acceptors (Lipinski definition) is 2. The number of halogens is 1. The van der Waals surface area contributed by atoms with Crippen LogP contribution in [0.15, 0.2) is 46.9 Å². The van der Waals surface area contributed by atoms with E-state index in [4.69, 9.17) is 5.11 Å². The quantitative estimate of drug-likeness (QED) is 0.899. The number of aryl methyl sites for hydroxylation is 1. The van der Waals surface area contributed by atoms with Crippen LogP contribution < -0.4 is 5.32 Å². The summed E-state index contributed by atoms with van der Waals surface area (Å²) >= 11 is 3.38. The van der Waals surface area contributed by atoms with E-state index in [2.05, 4.69) is 21.2 Å². The molecular weight excluding hydrogens is 322 g/mol. The van der Waals surface area contributed by atoms with Gasteiger partial charge in [0.2, 0.25) is 0 Å². The van der Waals surface area contributed by atoms with Crippen LogP contribution in [0.3, 0.4) is 0 Å². The zero-order chi connectivity index (χ0) is 14.7. The second kappa shape index (κ2) is 5.88. The van der Waals surface area contributed by atoms with Gasteiger partial charge >= 0.3 is 5.97 Å². The van der Waals surface area contributed by atoms with Gasteiger partial charge in [0, 0.05) is 15.7 Å². The van der Waals surface area contributed by atoms with Gasteiger partial charge in [0.1, 0.15) is 0 Å². The average molecular weight is 334 g/mol. The van der Waals surface area contributed by atoms with Crippen LogP contribution in [0.25, 0.3) is 0 Å². The first-order chi connectivity index (χ1) is 9.47. The van der Waals surface area contributed by atoms with E-state index in [9.17, 15) is 9.59 Å². The van der Waals surface area contributed by atoms with Crippen molar-refractivity contribution in [2.75, 3.05) is 5.32 Å². The van der Waals surface area contributed by atoms with Gasteiger partial charge in [0.15, 0.2) is 0 Å². The molecule has 2 N–H and O–H groups in total. The predicted octanol–water partition coefficient (Wildman–Crippen LogP) is 3.71. The minimum Gasteiger partial charge on any atom is -0.478 e. The van der Waals surface area contributed by atoms with Crippen LogP contribution in [0.1, 0.15) is 26.3 Å². The third kappa shape index (κ3) is 3.24. The summed E-state index contributed by atoms with van der Waals surface area (Å²) in [5, 5.41) is 11.5. The average Bonchev–Trinajstić information content (AvgIpc) is 2.42. The van der Waals surface area contributed by atoms with Crippen LogP contribution in [0, 0.1) is 6.92 Å². The largest absolute Gasteiger partial charge is 0.478 e. The molecule has 0 unspecified atom stereocenters. The number of benzene rings is 2. The molecule has 0 spiro atoms. The molecule has 0 saturated heterocycles. The summed E-state index contributed by atoms with van der Waals surface area (Å²) in [7, 11) is 0. The highest BCUT2D eigenvalue weighted by molar-refractivity contribution is 9.10. The molecule has 0 atom stereocenters. The molecule has 2 rings (SSSR count). The number of amides is 1. The number of carbonyl (C=O) groups excluding carboxylic acids is 1. The fraction of sp³-hybridized carbons (Fsp3) is 0.0667. The minimum atomic E-state index is -0.994. The molecule has 102 valence electrons. The maximum absolute atomic E-state index is 12.1. The number of rotatable bonds is 3. The molecule has 0 saturated carbocycles. The third-order valence-electron chi connectivity index (χ3n) is 2.81. The number of aromatic carboxylic acids is 1. The van der Waals surface area contributed by atoms with E-state index in [-0.39, 0.29) is 11.5 Å². The van der Waals surface area contributed by atoms with Crippen LogP contribution in [0.2, 0.25) is 0 Å². The van der Waals surface area contributed by atoms with Crippen molar-refractivity contribution < 1.29 is 14.7 Å². The van der Waals surface area contributed by atoms with Gasteiger partial charge in [0.05, 0.1) is 5.56 Å². The van der Waals surface area contributed by atoms with E-state index in [1.54, 1.807) is 24.3 Å². The van der Waals surface area contributed by atoms with Crippen molar-refractivity contribution >= 4 is 33.5 Å². The second-order valence-corrected chi connectivity index (χ2v) is 5.15. The Bertz CT molecular complexity index is 665. The molecule has 1 amide bonds. The van der Waals surface area contributed by atoms with Gasteiger partial charge in [-0.05, 0) is 55.0 Å². The molecule has 0 aliphatic rings. The lowest BCUT2D eigenvalue weighted by Crippen LogP contribution is -2.12. The van der Waals surface area contributed by atoms with E-state index in [0.29, 0.717) is 11.3 Å². The van der Waals surface area contributed by atoms with Crippen LogP contribution >= 0.6 is 15.9 Å². The van der Waals surface area contributed by atoms with Gasteiger partial charge in [-0.3, -0.25) is 4.79 Å². The molecule has 2 aromatic carbocycles. The Labute approximate surface area is 124 Å². The predicted molar refractivity (Wildman–Crippen MR) is 80.2 cm³/mol. The fourth-order valence-corrected chi connectivity index (χ4v) is 1.93. The number of nitrogens with one attached hydrogen (secondary N) is 1. The SMILES string of the molecule is Cc1cc(C(=O)Nc2ccc(C(=O)O)cc2)ccc1Br. The number of hydrogen-bond donors (Lipinski definition) is 2. The Morgan fingerprint density at radius 1 is 1.05 bits per heavy atom. The normalized spacial score (nSPS) is 10.1. The summed E-state index contributed by atoms with van der Waals surface area (Å²) in [4.78, 5) is 22.8. The molecule has 5 heteroatoms. The second-order valence-electron chi connectivity index (χ2n) is 4.30. The fourth-order valence-electron chi connectivity index (χ4n) is 1.69. The number of carboxylic acids is 1. The first kappa shape index (κ1) is 14.3. The maximum atomic E-state index is 12.1. The van der Waals surface area contributed by atoms with Crippen LogP contribution in [-0.4, -0.2) is 17.0 Å². The van der Waals surface area contributed by atoms with Crippen molar-refractivity contribution in [3.8, 4) is 0 Å². The summed E-state index contributed by atoms with van der Waals surface area (Å²) in [6, 6.07) is 11.3. The van der Waals surface area contributed by atoms with Gasteiger partial charge in [-0.1, -0.05) is 15.9 Å². The van der Waals surface area contributed by atoms with Gasteiger partial charge in [-0.2, -0.15) is 0 Å². The minimum absolute atomic E-state index is 0.183. The Hall–Kier alpha value is -2.14. The monoisotopic (exact) mass is 333 g/mol. The standard InChI is InChI=1S/C15H12BrNO3/c1-9-8-11(4-7-13(9)16)14(18)17-12-5-2-10(3-6-12)15(19)20/h2-8H,1H3,(H,17,18)(H,19,20). The highest BCUT2D eigenvalue weighted by atomic mass is 79.9. The molecule has 4 nitrogen and oxygen atoms in total. The molecule has 0 aliphatic heterocycles. The molecule has 0 aromatic heterocycles. The highest BCUT2D eigenvalue weighted by Gasteiger charge is 2.08. The molecule has 0 aliphatic carbocycles. The zero-order valence-corrected chi connectivity index (χ0v) is 12.3. The summed E-state index contributed by atoms with van der Waals surface area (Å²) in [6.07, 6.45) is 0. The molecule has 0 radical (unpaired) electrons. The Morgan fingerprint density at radius 2 is 1.65 bits per heavy atom. The van der Waals surface area contributed by atoms with E-state index in [1.165, 1.54) is 12.1 Å². The van der Waals surface area contributed by atoms with Crippen molar-refractivity contribution in [2.24, 2.45) is 0 Å². The van der Waals surface area contributed by atoms with Gasteiger partial charge in [-0.25, -0.2) is 4.79 Å². The van der Waals surface area contributed by atoms with Crippen molar-refractivity contribution in [1.82, 2.24) is 0 Å². The summed E-state index contributed by atoms with van der Waals surface area (Å²) in [5.74, 6) is -1.23. The molecule has 0 bridgehead atoms. The highest BCUT2D eigenvalue weighted by Crippen LogP contribution is 2.18. The Morgan fingerprint density at radius 3 is 2.20 bits per heavy atom. The lowest BCUT2D eigenvalue weighted by Gasteiger charge is -2.07. The van der Waals surface area contributed by atoms with Crippen molar-refractivity contribution in [3.05, 3.63) is 63.6 Å². The van der Waals surface area contributed by atoms with Crippen LogP contribution in [-0.2, 0) is 0 Å². The van der Waals surface area contributed by atoms with Crippen molar-refractivity contribution in [1.29, 1.82) is 0 Å². The summed E-state index contributed by atoms with van der Waals surface area (Å²) in [6.45, 7) is 1.91. The van der Waals surface area contributed by atoms with Crippen LogP contribution in [0.4, 0.5) is 5.69 Å². The first-order valence-corrected chi connectivity index (χ1v) is 6.67. The topological polar surface area (TPSA) is 66.4 Å². The smallest absolute Gasteiger partial charge is 0.335 e. The zero-order valence-electron chi connectivity index (χ0n) is 10.7. The van der Waals surface area contributed by atoms with Gasteiger partial charge in [-0.15, -0.1) is 0 Å². The first-order valence-electron chi connectivity index (χ1n) is 5.88. The summed E-state index contributed by atoms with van der Waals surface area (Å²) < 4.78 is 0.944. The van der Waals surface area contributed by atoms with Gasteiger partial charge in [0.25, 0.3) is 5.91 Å². The maximum Gasteiger partial charge on any atom is 0.335 e. The third-order valence-corrected chi connectivity index (χ3v) is 3.70. The number of anilines is 1. The van der Waals surface area contributed by atoms with E-state index in [1.807, 2.05) is 13.0 Å². The van der Waals surface area contributed by atoms with E-state index >= 15 is 0 Å². The number of carboxylic acid groups (broad SMARTS) is 1. The van der Waals surface area contributed by atoms with Crippen LogP contribution in [0.5, 0.6) is 0 Å².